The van der Waals surface area contributed by atoms with Crippen molar-refractivity contribution in [3.63, 3.8) is 0 Å². The minimum Gasteiger partial charge on any atom is -0.494 e. The number of para-hydroxylation sites is 1. The number of furan rings is 1. The number of fused-ring (bicyclic) bond motifs is 1. The topological polar surface area (TPSA) is 83.4 Å². The number of methoxy groups -OCH3 is 1. The smallest absolute Gasteiger partial charge is 0.199 e. The van der Waals surface area contributed by atoms with Crippen LogP contribution in [0.25, 0.3) is 17.3 Å². The zero-order valence-corrected chi connectivity index (χ0v) is 17.4. The lowest BCUT2D eigenvalue weighted by atomic mass is 10.0. The van der Waals surface area contributed by atoms with E-state index in [-0.39, 0.29) is 5.78 Å². The van der Waals surface area contributed by atoms with Crippen LogP contribution in [0.5, 0.6) is 5.75 Å². The minimum absolute atomic E-state index is 0.132. The molecule has 1 aromatic carbocycles. The van der Waals surface area contributed by atoms with E-state index in [1.165, 1.54) is 12.5 Å². The molecular formula is C25H21N3O3. The van der Waals surface area contributed by atoms with Crippen molar-refractivity contribution < 1.29 is 13.9 Å². The summed E-state index contributed by atoms with van der Waals surface area (Å²) in [5.74, 6) is 0.544. The lowest BCUT2D eigenvalue weighted by molar-refractivity contribution is 0.105. The van der Waals surface area contributed by atoms with Crippen LogP contribution in [0.1, 0.15) is 27.3 Å². The largest absolute Gasteiger partial charge is 0.494 e. The van der Waals surface area contributed by atoms with E-state index in [9.17, 15) is 4.79 Å². The molecule has 0 bridgehead atoms. The second kappa shape index (κ2) is 7.32. The number of aromatic amines is 2. The zero-order valence-electron chi connectivity index (χ0n) is 17.4. The van der Waals surface area contributed by atoms with Crippen molar-refractivity contribution in [2.45, 2.75) is 13.8 Å². The maximum atomic E-state index is 13.3. The SMILES string of the molecule is COc1c/c(=C2/N=c3ccccc3=C2C(=O)c2ccoc2)[nH]c1=Cc1[nH]c(C)cc1C. The summed E-state index contributed by atoms with van der Waals surface area (Å²) >= 11 is 0. The fraction of sp³-hybridized carbons (Fsp3) is 0.120. The summed E-state index contributed by atoms with van der Waals surface area (Å²) in [6, 6.07) is 13.3. The Morgan fingerprint density at radius 3 is 2.68 bits per heavy atom. The standard InChI is InChI=1S/C25H21N3O3/c1-14-10-15(2)26-19(14)11-20-22(30-3)12-21(27-20)24-23(25(29)16-8-9-31-13-16)17-6-4-5-7-18(17)28-24/h4-13,26-27H,1-3H3/b20-11?,24-21-. The van der Waals surface area contributed by atoms with Crippen molar-refractivity contribution in [1.82, 2.24) is 9.97 Å². The first-order valence-electron chi connectivity index (χ1n) is 9.96. The number of rotatable bonds is 4. The molecule has 3 aromatic heterocycles. The molecule has 0 fully saturated rings. The van der Waals surface area contributed by atoms with Crippen LogP contribution in [0.3, 0.4) is 0 Å². The van der Waals surface area contributed by atoms with Gasteiger partial charge >= 0.3 is 0 Å². The van der Waals surface area contributed by atoms with Gasteiger partial charge in [-0.15, -0.1) is 0 Å². The molecule has 1 aliphatic heterocycles. The van der Waals surface area contributed by atoms with Gasteiger partial charge in [0.25, 0.3) is 0 Å². The average Bonchev–Trinajstić information content (AvgIpc) is 3.53. The molecule has 0 aliphatic carbocycles. The molecule has 1 aliphatic rings. The second-order valence-electron chi connectivity index (χ2n) is 7.55. The minimum atomic E-state index is -0.132. The van der Waals surface area contributed by atoms with Crippen molar-refractivity contribution in [2.24, 2.45) is 4.99 Å². The molecule has 2 N–H and O–H groups in total. The molecule has 0 spiro atoms. The molecule has 0 amide bonds. The molecule has 4 aromatic rings. The number of aryl methyl sites for hydroxylation is 2. The molecule has 0 unspecified atom stereocenters. The fourth-order valence-electron chi connectivity index (χ4n) is 3.95. The first-order valence-corrected chi connectivity index (χ1v) is 9.96. The third-order valence-corrected chi connectivity index (χ3v) is 5.42. The van der Waals surface area contributed by atoms with Gasteiger partial charge in [-0.1, -0.05) is 18.2 Å². The number of H-pyrrole nitrogens is 2. The quantitative estimate of drug-likeness (QED) is 0.503. The van der Waals surface area contributed by atoms with Crippen molar-refractivity contribution in [2.75, 3.05) is 7.11 Å². The summed E-state index contributed by atoms with van der Waals surface area (Å²) in [6.07, 6.45) is 4.96. The van der Waals surface area contributed by atoms with Crippen molar-refractivity contribution >= 4 is 23.1 Å². The summed E-state index contributed by atoms with van der Waals surface area (Å²) in [6.45, 7) is 4.08. The molecule has 31 heavy (non-hydrogen) atoms. The molecule has 0 saturated heterocycles. The summed E-state index contributed by atoms with van der Waals surface area (Å²) in [4.78, 5) is 24.8. The molecule has 154 valence electrons. The maximum Gasteiger partial charge on any atom is 0.199 e. The number of aromatic nitrogens is 2. The highest BCUT2D eigenvalue weighted by Gasteiger charge is 2.23. The third-order valence-electron chi connectivity index (χ3n) is 5.42. The number of Topliss-reactive ketones (excluding diaryl/α,β-unsaturated/α-hetero) is 1. The first kappa shape index (κ1) is 18.9. The van der Waals surface area contributed by atoms with E-state index in [2.05, 4.69) is 23.0 Å². The van der Waals surface area contributed by atoms with E-state index in [0.717, 1.165) is 32.9 Å². The average molecular weight is 411 g/mol. The number of nitrogens with zero attached hydrogens (tertiary/aromatic N) is 1. The van der Waals surface area contributed by atoms with E-state index in [0.29, 0.717) is 27.9 Å². The molecule has 4 heterocycles. The number of hydrogen-bond donors (Lipinski definition) is 2. The van der Waals surface area contributed by atoms with Gasteiger partial charge in [0.15, 0.2) is 5.78 Å². The second-order valence-corrected chi connectivity index (χ2v) is 7.55. The maximum absolute atomic E-state index is 13.3. The van der Waals surface area contributed by atoms with Gasteiger partial charge in [0.05, 0.1) is 46.3 Å². The van der Waals surface area contributed by atoms with Crippen LogP contribution in [0.2, 0.25) is 0 Å². The van der Waals surface area contributed by atoms with Crippen LogP contribution in [-0.2, 0) is 0 Å². The Balaban J connectivity index is 1.78. The zero-order chi connectivity index (χ0) is 21.5. The van der Waals surface area contributed by atoms with E-state index < -0.39 is 0 Å². The van der Waals surface area contributed by atoms with E-state index in [4.69, 9.17) is 14.1 Å². The molecule has 5 rings (SSSR count). The van der Waals surface area contributed by atoms with Crippen LogP contribution >= 0.6 is 0 Å². The molecule has 0 saturated carbocycles. The number of carbonyl (C=O) groups excluding carboxylic acids is 1. The third kappa shape index (κ3) is 3.22. The predicted molar refractivity (Wildman–Crippen MR) is 118 cm³/mol. The Bertz CT molecular complexity index is 1550. The lowest BCUT2D eigenvalue weighted by Gasteiger charge is -2.01. The molecule has 6 heteroatoms. The van der Waals surface area contributed by atoms with Gasteiger partial charge in [-0.25, -0.2) is 4.99 Å². The van der Waals surface area contributed by atoms with Gasteiger partial charge in [0.2, 0.25) is 0 Å². The van der Waals surface area contributed by atoms with Crippen LogP contribution in [-0.4, -0.2) is 22.9 Å². The number of benzene rings is 1. The molecule has 0 radical (unpaired) electrons. The highest BCUT2D eigenvalue weighted by Crippen LogP contribution is 2.20. The normalized spacial score (nSPS) is 15.2. The highest BCUT2D eigenvalue weighted by atomic mass is 16.5. The fourth-order valence-corrected chi connectivity index (χ4v) is 3.95. The Morgan fingerprint density at radius 1 is 1.13 bits per heavy atom. The van der Waals surface area contributed by atoms with Crippen molar-refractivity contribution in [3.05, 3.63) is 98.8 Å². The highest BCUT2D eigenvalue weighted by molar-refractivity contribution is 6.35. The number of ether oxygens (including phenoxy) is 1. The molecule has 6 nitrogen and oxygen atoms in total. The van der Waals surface area contributed by atoms with Gasteiger partial charge in [-0.3, -0.25) is 4.79 Å². The van der Waals surface area contributed by atoms with Crippen LogP contribution in [0, 0.1) is 13.8 Å². The van der Waals surface area contributed by atoms with Gasteiger partial charge in [-0.05, 0) is 43.7 Å². The van der Waals surface area contributed by atoms with E-state index in [1.54, 1.807) is 13.2 Å². The summed E-state index contributed by atoms with van der Waals surface area (Å²) in [5.41, 5.74) is 4.85. The van der Waals surface area contributed by atoms with E-state index in [1.807, 2.05) is 43.3 Å². The number of ketones is 1. The lowest BCUT2D eigenvalue weighted by Crippen LogP contribution is -2.24. The molecular weight excluding hydrogens is 390 g/mol. The van der Waals surface area contributed by atoms with Gasteiger partial charge in [0, 0.05) is 22.7 Å². The van der Waals surface area contributed by atoms with Crippen LogP contribution in [0.15, 0.2) is 64.4 Å². The number of carbonyl (C=O) groups is 1. The summed E-state index contributed by atoms with van der Waals surface area (Å²) in [7, 11) is 1.63. The van der Waals surface area contributed by atoms with Crippen molar-refractivity contribution in [3.8, 4) is 5.75 Å². The number of nitrogens with one attached hydrogen (secondary N) is 2. The van der Waals surface area contributed by atoms with E-state index >= 15 is 0 Å². The Kier molecular flexibility index (Phi) is 4.47. The summed E-state index contributed by atoms with van der Waals surface area (Å²) < 4.78 is 10.7. The Labute approximate surface area is 177 Å². The van der Waals surface area contributed by atoms with Crippen molar-refractivity contribution in [1.29, 1.82) is 0 Å². The number of hydrogen-bond acceptors (Lipinski definition) is 4. The first-order chi connectivity index (χ1) is 15.0. The Morgan fingerprint density at radius 2 is 1.97 bits per heavy atom. The van der Waals surface area contributed by atoms with Gasteiger partial charge in [-0.2, -0.15) is 0 Å². The van der Waals surface area contributed by atoms with Crippen LogP contribution < -0.4 is 26.0 Å². The summed E-state index contributed by atoms with van der Waals surface area (Å²) in [5, 5.41) is 3.08. The monoisotopic (exact) mass is 411 g/mol. The van der Waals surface area contributed by atoms with Crippen LogP contribution in [0.4, 0.5) is 0 Å². The Hall–Kier alpha value is -4.06. The molecule has 0 atom stereocenters. The van der Waals surface area contributed by atoms with Gasteiger partial charge in [0.1, 0.15) is 12.0 Å². The van der Waals surface area contributed by atoms with Gasteiger partial charge < -0.3 is 19.1 Å². The predicted octanol–water partition coefficient (Wildman–Crippen LogP) is 1.87.